The number of nitrogens with zero attached hydrogens (tertiary/aromatic N) is 1. The van der Waals surface area contributed by atoms with Gasteiger partial charge in [0, 0.05) is 12.6 Å². The van der Waals surface area contributed by atoms with Crippen LogP contribution in [-0.2, 0) is 0 Å². The molecule has 0 aromatic heterocycles. The maximum Gasteiger partial charge on any atom is 0.136 e. The minimum atomic E-state index is -0.406. The minimum absolute atomic E-state index is 0.195. The van der Waals surface area contributed by atoms with Gasteiger partial charge in [-0.3, -0.25) is 5.41 Å². The Morgan fingerprint density at radius 3 is 3.00 bits per heavy atom. The lowest BCUT2D eigenvalue weighted by atomic mass is 10.1. The van der Waals surface area contributed by atoms with Gasteiger partial charge in [-0.2, -0.15) is 0 Å². The molecule has 1 aromatic carbocycles. The third-order valence-electron chi connectivity index (χ3n) is 3.42. The molecule has 1 fully saturated rings. The summed E-state index contributed by atoms with van der Waals surface area (Å²) in [7, 11) is 0. The summed E-state index contributed by atoms with van der Waals surface area (Å²) in [6.07, 6.45) is 3.28. The van der Waals surface area contributed by atoms with Gasteiger partial charge >= 0.3 is 0 Å². The zero-order chi connectivity index (χ0) is 12.4. The topological polar surface area (TPSA) is 53.1 Å². The van der Waals surface area contributed by atoms with Crippen LogP contribution < -0.4 is 10.6 Å². The second kappa shape index (κ2) is 4.73. The molecule has 4 heteroatoms. The summed E-state index contributed by atoms with van der Waals surface area (Å²) >= 11 is 0. The normalized spacial score (nSPS) is 19.6. The number of halogens is 1. The van der Waals surface area contributed by atoms with Crippen LogP contribution in [0.2, 0.25) is 0 Å². The average molecular weight is 235 g/mol. The molecule has 3 nitrogen and oxygen atoms in total. The third kappa shape index (κ3) is 2.12. The Morgan fingerprint density at radius 2 is 2.35 bits per heavy atom. The van der Waals surface area contributed by atoms with Gasteiger partial charge in [0.15, 0.2) is 0 Å². The second-order valence-electron chi connectivity index (χ2n) is 4.45. The van der Waals surface area contributed by atoms with Crippen molar-refractivity contribution in [1.29, 1.82) is 5.41 Å². The number of nitrogen functional groups attached to an aromatic ring is 1. The van der Waals surface area contributed by atoms with E-state index in [1.807, 2.05) is 6.07 Å². The molecule has 1 aliphatic heterocycles. The van der Waals surface area contributed by atoms with Gasteiger partial charge < -0.3 is 10.6 Å². The first-order valence-electron chi connectivity index (χ1n) is 6.04. The Labute approximate surface area is 101 Å². The van der Waals surface area contributed by atoms with Crippen molar-refractivity contribution in [3.05, 3.63) is 29.6 Å². The van der Waals surface area contributed by atoms with E-state index >= 15 is 0 Å². The van der Waals surface area contributed by atoms with Gasteiger partial charge in [0.2, 0.25) is 0 Å². The van der Waals surface area contributed by atoms with Crippen LogP contribution in [0.15, 0.2) is 18.2 Å². The zero-order valence-corrected chi connectivity index (χ0v) is 10.0. The first-order chi connectivity index (χ1) is 8.15. The number of benzene rings is 1. The summed E-state index contributed by atoms with van der Waals surface area (Å²) in [5.41, 5.74) is 6.50. The molecule has 0 bridgehead atoms. The molecular formula is C13H18FN3. The number of rotatable bonds is 3. The Bertz CT molecular complexity index is 431. The molecule has 0 aliphatic carbocycles. The largest absolute Gasteiger partial charge is 0.384 e. The van der Waals surface area contributed by atoms with Crippen LogP contribution in [0.5, 0.6) is 0 Å². The maximum atomic E-state index is 13.7. The highest BCUT2D eigenvalue weighted by Gasteiger charge is 2.26. The van der Waals surface area contributed by atoms with E-state index in [0.717, 1.165) is 31.5 Å². The number of nitrogens with one attached hydrogen (secondary N) is 1. The number of hydrogen-bond donors (Lipinski definition) is 2. The van der Waals surface area contributed by atoms with E-state index in [1.54, 1.807) is 6.07 Å². The lowest BCUT2D eigenvalue weighted by molar-refractivity contribution is 0.617. The van der Waals surface area contributed by atoms with Crippen molar-refractivity contribution in [3.63, 3.8) is 0 Å². The van der Waals surface area contributed by atoms with Crippen LogP contribution in [-0.4, -0.2) is 18.4 Å². The highest BCUT2D eigenvalue weighted by atomic mass is 19.1. The molecule has 1 saturated heterocycles. The van der Waals surface area contributed by atoms with Gasteiger partial charge in [0.05, 0.1) is 11.3 Å². The lowest BCUT2D eigenvalue weighted by Gasteiger charge is -2.28. The molecule has 0 saturated carbocycles. The van der Waals surface area contributed by atoms with Gasteiger partial charge in [-0.05, 0) is 31.4 Å². The maximum absolute atomic E-state index is 13.7. The number of anilines is 1. The van der Waals surface area contributed by atoms with Crippen LogP contribution in [0.25, 0.3) is 0 Å². The minimum Gasteiger partial charge on any atom is -0.384 e. The summed E-state index contributed by atoms with van der Waals surface area (Å²) < 4.78 is 13.7. The van der Waals surface area contributed by atoms with Crippen LogP contribution in [0, 0.1) is 11.2 Å². The van der Waals surface area contributed by atoms with Crippen molar-refractivity contribution in [1.82, 2.24) is 0 Å². The molecule has 1 unspecified atom stereocenters. The van der Waals surface area contributed by atoms with Crippen LogP contribution in [0.1, 0.15) is 31.7 Å². The standard InChI is InChI=1S/C13H18FN3/c1-2-9-5-4-8-17(9)11-7-3-6-10(14)12(11)13(15)16/h3,6-7,9H,2,4-5,8H2,1H3,(H3,15,16). The van der Waals surface area contributed by atoms with E-state index in [0.29, 0.717) is 6.04 Å². The van der Waals surface area contributed by atoms with Gasteiger partial charge in [0.1, 0.15) is 11.7 Å². The monoisotopic (exact) mass is 235 g/mol. The van der Waals surface area contributed by atoms with E-state index < -0.39 is 5.82 Å². The Morgan fingerprint density at radius 1 is 1.59 bits per heavy atom. The number of nitrogens with two attached hydrogens (primary N) is 1. The molecule has 92 valence electrons. The predicted molar refractivity (Wildman–Crippen MR) is 68.1 cm³/mol. The summed E-state index contributed by atoms with van der Waals surface area (Å²) in [6.45, 7) is 3.05. The van der Waals surface area contributed by atoms with Gasteiger partial charge in [-0.1, -0.05) is 13.0 Å². The van der Waals surface area contributed by atoms with E-state index in [4.69, 9.17) is 11.1 Å². The fourth-order valence-electron chi connectivity index (χ4n) is 2.60. The van der Waals surface area contributed by atoms with Crippen molar-refractivity contribution < 1.29 is 4.39 Å². The van der Waals surface area contributed by atoms with E-state index in [2.05, 4.69) is 11.8 Å². The molecule has 17 heavy (non-hydrogen) atoms. The highest BCUT2D eigenvalue weighted by molar-refractivity contribution is 6.00. The Balaban J connectivity index is 2.44. The van der Waals surface area contributed by atoms with E-state index in [1.165, 1.54) is 6.07 Å². The van der Waals surface area contributed by atoms with Gasteiger partial charge in [-0.15, -0.1) is 0 Å². The van der Waals surface area contributed by atoms with Crippen molar-refractivity contribution >= 4 is 11.5 Å². The predicted octanol–water partition coefficient (Wildman–Crippen LogP) is 2.49. The highest BCUT2D eigenvalue weighted by Crippen LogP contribution is 2.31. The lowest BCUT2D eigenvalue weighted by Crippen LogP contribution is -2.31. The molecule has 3 N–H and O–H groups in total. The molecular weight excluding hydrogens is 217 g/mol. The fraction of sp³-hybridized carbons (Fsp3) is 0.462. The van der Waals surface area contributed by atoms with Crippen LogP contribution >= 0.6 is 0 Å². The summed E-state index contributed by atoms with van der Waals surface area (Å²) in [4.78, 5) is 2.18. The molecule has 2 rings (SSSR count). The molecule has 0 radical (unpaired) electrons. The molecule has 1 heterocycles. The van der Waals surface area contributed by atoms with E-state index in [9.17, 15) is 4.39 Å². The quantitative estimate of drug-likeness (QED) is 0.624. The van der Waals surface area contributed by atoms with Crippen LogP contribution in [0.4, 0.5) is 10.1 Å². The van der Waals surface area contributed by atoms with Crippen molar-refractivity contribution in [3.8, 4) is 0 Å². The Hall–Kier alpha value is -1.58. The number of hydrogen-bond acceptors (Lipinski definition) is 2. The molecule has 0 spiro atoms. The summed E-state index contributed by atoms with van der Waals surface area (Å²) in [5.74, 6) is -0.600. The van der Waals surface area contributed by atoms with Crippen molar-refractivity contribution in [2.75, 3.05) is 11.4 Å². The smallest absolute Gasteiger partial charge is 0.136 e. The molecule has 1 aliphatic rings. The first-order valence-corrected chi connectivity index (χ1v) is 6.04. The molecule has 1 aromatic rings. The second-order valence-corrected chi connectivity index (χ2v) is 4.45. The Kier molecular flexibility index (Phi) is 3.31. The zero-order valence-electron chi connectivity index (χ0n) is 10.0. The van der Waals surface area contributed by atoms with Crippen molar-refractivity contribution in [2.24, 2.45) is 5.73 Å². The first kappa shape index (κ1) is 11.9. The SMILES string of the molecule is CCC1CCCN1c1cccc(F)c1C(=N)N. The molecule has 1 atom stereocenters. The summed E-state index contributed by atoms with van der Waals surface area (Å²) in [5, 5.41) is 7.52. The van der Waals surface area contributed by atoms with Gasteiger partial charge in [-0.25, -0.2) is 4.39 Å². The fourth-order valence-corrected chi connectivity index (χ4v) is 2.60. The third-order valence-corrected chi connectivity index (χ3v) is 3.42. The van der Waals surface area contributed by atoms with Crippen LogP contribution in [0.3, 0.4) is 0 Å². The molecule has 0 amide bonds. The van der Waals surface area contributed by atoms with Crippen molar-refractivity contribution in [2.45, 2.75) is 32.2 Å². The number of amidine groups is 1. The summed E-state index contributed by atoms with van der Waals surface area (Å²) in [6, 6.07) is 5.34. The van der Waals surface area contributed by atoms with Gasteiger partial charge in [0.25, 0.3) is 0 Å². The van der Waals surface area contributed by atoms with E-state index in [-0.39, 0.29) is 11.4 Å². The average Bonchev–Trinajstić information content (AvgIpc) is 2.75.